The Hall–Kier alpha value is -2.83. The van der Waals surface area contributed by atoms with Gasteiger partial charge in [0, 0.05) is 24.4 Å². The molecule has 5 nitrogen and oxygen atoms in total. The predicted octanol–water partition coefficient (Wildman–Crippen LogP) is 3.15. The summed E-state index contributed by atoms with van der Waals surface area (Å²) in [6, 6.07) is 8.19. The average Bonchev–Trinajstić information content (AvgIpc) is 2.45. The minimum absolute atomic E-state index is 0.0649. The Morgan fingerprint density at radius 2 is 1.90 bits per heavy atom. The van der Waals surface area contributed by atoms with E-state index in [-0.39, 0.29) is 5.56 Å². The Morgan fingerprint density at radius 3 is 2.48 bits per heavy atom. The van der Waals surface area contributed by atoms with Gasteiger partial charge in [0.1, 0.15) is 5.82 Å². The van der Waals surface area contributed by atoms with E-state index in [9.17, 15) is 23.7 Å². The molecule has 0 atom stereocenters. The highest BCUT2D eigenvalue weighted by Gasteiger charge is 2.19. The third kappa shape index (κ3) is 3.02. The molecule has 2 rings (SSSR count). The third-order valence-electron chi connectivity index (χ3n) is 2.89. The van der Waals surface area contributed by atoms with E-state index in [0.29, 0.717) is 5.69 Å². The number of benzene rings is 2. The number of hydrogen-bond donors (Lipinski definition) is 0. The number of nitrogens with zero attached hydrogens (tertiary/aromatic N) is 2. The molecule has 0 aromatic heterocycles. The van der Waals surface area contributed by atoms with Crippen molar-refractivity contribution in [1.29, 1.82) is 0 Å². The van der Waals surface area contributed by atoms with Crippen LogP contribution in [0.3, 0.4) is 0 Å². The second kappa shape index (κ2) is 5.66. The lowest BCUT2D eigenvalue weighted by Crippen LogP contribution is -2.26. The normalized spacial score (nSPS) is 10.2. The van der Waals surface area contributed by atoms with Gasteiger partial charge in [-0.3, -0.25) is 14.9 Å². The number of anilines is 1. The number of rotatable bonds is 3. The van der Waals surface area contributed by atoms with Crippen LogP contribution in [-0.2, 0) is 0 Å². The monoisotopic (exact) mass is 292 g/mol. The molecule has 0 spiro atoms. The van der Waals surface area contributed by atoms with Gasteiger partial charge in [-0.05, 0) is 30.3 Å². The Kier molecular flexibility index (Phi) is 3.93. The lowest BCUT2D eigenvalue weighted by Gasteiger charge is -2.17. The van der Waals surface area contributed by atoms with Gasteiger partial charge in [0.15, 0.2) is 0 Å². The second-order valence-electron chi connectivity index (χ2n) is 4.27. The number of nitro benzene ring substituents is 1. The van der Waals surface area contributed by atoms with E-state index in [0.717, 1.165) is 29.2 Å². The molecular weight excluding hydrogens is 282 g/mol. The zero-order valence-electron chi connectivity index (χ0n) is 10.9. The van der Waals surface area contributed by atoms with E-state index < -0.39 is 28.2 Å². The molecule has 0 heterocycles. The first-order valence-electron chi connectivity index (χ1n) is 5.87. The van der Waals surface area contributed by atoms with Crippen LogP contribution < -0.4 is 4.90 Å². The molecule has 0 fully saturated rings. The summed E-state index contributed by atoms with van der Waals surface area (Å²) in [5, 5.41) is 10.5. The van der Waals surface area contributed by atoms with Crippen molar-refractivity contribution in [2.75, 3.05) is 11.9 Å². The van der Waals surface area contributed by atoms with Crippen molar-refractivity contribution in [1.82, 2.24) is 0 Å². The molecule has 108 valence electrons. The van der Waals surface area contributed by atoms with Gasteiger partial charge in [0.05, 0.1) is 4.92 Å². The number of halogens is 2. The fourth-order valence-electron chi connectivity index (χ4n) is 1.78. The lowest BCUT2D eigenvalue weighted by atomic mass is 10.1. The average molecular weight is 292 g/mol. The first-order chi connectivity index (χ1) is 9.90. The van der Waals surface area contributed by atoms with Crippen molar-refractivity contribution in [3.63, 3.8) is 0 Å². The van der Waals surface area contributed by atoms with E-state index >= 15 is 0 Å². The number of amides is 1. The standard InChI is InChI=1S/C14H10F2N2O3/c1-17(11-4-2-3-10(15)8-11)14(19)9-5-6-13(18(20)21)12(16)7-9/h2-8H,1H3. The zero-order valence-corrected chi connectivity index (χ0v) is 10.9. The topological polar surface area (TPSA) is 63.5 Å². The van der Waals surface area contributed by atoms with Crippen LogP contribution in [0.15, 0.2) is 42.5 Å². The number of carbonyl (C=O) groups is 1. The molecule has 0 saturated heterocycles. The molecule has 0 bridgehead atoms. The van der Waals surface area contributed by atoms with E-state index in [1.165, 1.54) is 25.2 Å². The van der Waals surface area contributed by atoms with E-state index in [1.807, 2.05) is 0 Å². The zero-order chi connectivity index (χ0) is 15.6. The van der Waals surface area contributed by atoms with Gasteiger partial charge in [-0.1, -0.05) is 6.07 Å². The molecule has 21 heavy (non-hydrogen) atoms. The third-order valence-corrected chi connectivity index (χ3v) is 2.89. The molecule has 2 aromatic rings. The first kappa shape index (κ1) is 14.6. The van der Waals surface area contributed by atoms with Gasteiger partial charge >= 0.3 is 5.69 Å². The van der Waals surface area contributed by atoms with Crippen molar-refractivity contribution < 1.29 is 18.5 Å². The van der Waals surface area contributed by atoms with E-state index in [1.54, 1.807) is 0 Å². The van der Waals surface area contributed by atoms with Crippen molar-refractivity contribution in [3.05, 3.63) is 69.8 Å². The molecule has 2 aromatic carbocycles. The number of carbonyl (C=O) groups excluding carboxylic acids is 1. The molecule has 0 aliphatic heterocycles. The smallest absolute Gasteiger partial charge is 0.304 e. The predicted molar refractivity (Wildman–Crippen MR) is 72.2 cm³/mol. The highest BCUT2D eigenvalue weighted by Crippen LogP contribution is 2.21. The Bertz CT molecular complexity index is 719. The summed E-state index contributed by atoms with van der Waals surface area (Å²) in [5.41, 5.74) is -0.483. The summed E-state index contributed by atoms with van der Waals surface area (Å²) in [6.07, 6.45) is 0. The minimum atomic E-state index is -1.10. The molecular formula is C14H10F2N2O3. The highest BCUT2D eigenvalue weighted by molar-refractivity contribution is 6.05. The molecule has 0 saturated carbocycles. The van der Waals surface area contributed by atoms with Crippen LogP contribution in [0.4, 0.5) is 20.2 Å². The van der Waals surface area contributed by atoms with Crippen LogP contribution in [0.25, 0.3) is 0 Å². The fourth-order valence-corrected chi connectivity index (χ4v) is 1.78. The molecule has 0 N–H and O–H groups in total. The van der Waals surface area contributed by atoms with Crippen LogP contribution in [0.1, 0.15) is 10.4 Å². The van der Waals surface area contributed by atoms with Crippen LogP contribution in [0.2, 0.25) is 0 Å². The van der Waals surface area contributed by atoms with Crippen LogP contribution >= 0.6 is 0 Å². The fraction of sp³-hybridized carbons (Fsp3) is 0.0714. The van der Waals surface area contributed by atoms with Crippen molar-refractivity contribution >= 4 is 17.3 Å². The molecule has 0 aliphatic carbocycles. The van der Waals surface area contributed by atoms with Gasteiger partial charge in [0.2, 0.25) is 5.82 Å². The van der Waals surface area contributed by atoms with Crippen LogP contribution in [0, 0.1) is 21.7 Å². The lowest BCUT2D eigenvalue weighted by molar-refractivity contribution is -0.387. The summed E-state index contributed by atoms with van der Waals surface area (Å²) < 4.78 is 26.6. The Morgan fingerprint density at radius 1 is 1.19 bits per heavy atom. The minimum Gasteiger partial charge on any atom is -0.311 e. The van der Waals surface area contributed by atoms with Crippen LogP contribution in [-0.4, -0.2) is 17.9 Å². The van der Waals surface area contributed by atoms with Gasteiger partial charge in [-0.15, -0.1) is 0 Å². The highest BCUT2D eigenvalue weighted by atomic mass is 19.1. The molecule has 1 amide bonds. The molecule has 0 aliphatic rings. The maximum Gasteiger partial charge on any atom is 0.304 e. The summed E-state index contributed by atoms with van der Waals surface area (Å²) in [4.78, 5) is 22.9. The summed E-state index contributed by atoms with van der Waals surface area (Å²) in [6.45, 7) is 0. The Balaban J connectivity index is 2.32. The first-order valence-corrected chi connectivity index (χ1v) is 5.87. The summed E-state index contributed by atoms with van der Waals surface area (Å²) in [7, 11) is 1.40. The molecule has 7 heteroatoms. The van der Waals surface area contributed by atoms with Gasteiger partial charge in [0.25, 0.3) is 5.91 Å². The maximum absolute atomic E-state index is 13.5. The van der Waals surface area contributed by atoms with Gasteiger partial charge in [-0.25, -0.2) is 4.39 Å². The SMILES string of the molecule is CN(C(=O)c1ccc([N+](=O)[O-])c(F)c1)c1cccc(F)c1. The quantitative estimate of drug-likeness (QED) is 0.645. The van der Waals surface area contributed by atoms with Crippen molar-refractivity contribution in [2.45, 2.75) is 0 Å². The van der Waals surface area contributed by atoms with E-state index in [4.69, 9.17) is 0 Å². The van der Waals surface area contributed by atoms with Gasteiger partial charge < -0.3 is 4.90 Å². The molecule has 0 unspecified atom stereocenters. The Labute approximate surface area is 118 Å². The summed E-state index contributed by atoms with van der Waals surface area (Å²) in [5.74, 6) is -2.21. The van der Waals surface area contributed by atoms with Crippen molar-refractivity contribution in [2.24, 2.45) is 0 Å². The number of nitro groups is 1. The van der Waals surface area contributed by atoms with Gasteiger partial charge in [-0.2, -0.15) is 4.39 Å². The van der Waals surface area contributed by atoms with Crippen molar-refractivity contribution in [3.8, 4) is 0 Å². The summed E-state index contributed by atoms with van der Waals surface area (Å²) >= 11 is 0. The van der Waals surface area contributed by atoms with Crippen LogP contribution in [0.5, 0.6) is 0 Å². The molecule has 0 radical (unpaired) electrons. The maximum atomic E-state index is 13.5. The largest absolute Gasteiger partial charge is 0.311 e. The second-order valence-corrected chi connectivity index (χ2v) is 4.27. The van der Waals surface area contributed by atoms with E-state index in [2.05, 4.69) is 0 Å². The number of hydrogen-bond acceptors (Lipinski definition) is 3.